The van der Waals surface area contributed by atoms with Crippen LogP contribution in [0.25, 0.3) is 0 Å². The summed E-state index contributed by atoms with van der Waals surface area (Å²) in [6.45, 7) is 3.03. The van der Waals surface area contributed by atoms with Gasteiger partial charge in [-0.25, -0.2) is 0 Å². The topological polar surface area (TPSA) is 38.3 Å². The number of carbonyl (C=O) groups is 1. The Labute approximate surface area is 110 Å². The van der Waals surface area contributed by atoms with Crippen molar-refractivity contribution < 1.29 is 9.53 Å². The van der Waals surface area contributed by atoms with Gasteiger partial charge in [-0.1, -0.05) is 50.1 Å². The molecule has 3 nitrogen and oxygen atoms in total. The van der Waals surface area contributed by atoms with E-state index in [1.807, 2.05) is 30.3 Å². The van der Waals surface area contributed by atoms with Gasteiger partial charge in [-0.3, -0.25) is 4.79 Å². The first kappa shape index (κ1) is 14.7. The van der Waals surface area contributed by atoms with Gasteiger partial charge in [0.15, 0.2) is 0 Å². The van der Waals surface area contributed by atoms with Crippen LogP contribution in [0.5, 0.6) is 0 Å². The highest BCUT2D eigenvalue weighted by atomic mass is 16.5. The molecule has 0 heterocycles. The van der Waals surface area contributed by atoms with Gasteiger partial charge in [-0.2, -0.15) is 0 Å². The normalized spacial score (nSPS) is 12.1. The van der Waals surface area contributed by atoms with E-state index in [9.17, 15) is 4.79 Å². The van der Waals surface area contributed by atoms with Gasteiger partial charge in [0, 0.05) is 0 Å². The number of benzene rings is 1. The molecule has 1 aromatic rings. The van der Waals surface area contributed by atoms with Crippen molar-refractivity contribution in [2.45, 2.75) is 38.6 Å². The highest BCUT2D eigenvalue weighted by Gasteiger charge is 2.18. The maximum Gasteiger partial charge on any atom is 0.323 e. The second-order valence-corrected chi connectivity index (χ2v) is 4.43. The van der Waals surface area contributed by atoms with Gasteiger partial charge in [0.1, 0.15) is 6.04 Å². The minimum absolute atomic E-state index is 0.185. The Morgan fingerprint density at radius 3 is 2.61 bits per heavy atom. The average molecular weight is 249 g/mol. The van der Waals surface area contributed by atoms with Crippen molar-refractivity contribution in [3.63, 3.8) is 0 Å². The van der Waals surface area contributed by atoms with Crippen molar-refractivity contribution in [3.05, 3.63) is 35.9 Å². The molecule has 100 valence electrons. The van der Waals surface area contributed by atoms with Gasteiger partial charge in [0.25, 0.3) is 0 Å². The molecule has 1 N–H and O–H groups in total. The van der Waals surface area contributed by atoms with Gasteiger partial charge in [-0.15, -0.1) is 0 Å². The third-order valence-corrected chi connectivity index (χ3v) is 2.94. The van der Waals surface area contributed by atoms with Crippen LogP contribution in [0.2, 0.25) is 0 Å². The van der Waals surface area contributed by atoms with E-state index >= 15 is 0 Å². The van der Waals surface area contributed by atoms with Gasteiger partial charge in [0.05, 0.1) is 7.11 Å². The Hall–Kier alpha value is -1.35. The molecule has 0 fully saturated rings. The number of esters is 1. The molecule has 0 saturated carbocycles. The molecule has 3 heteroatoms. The van der Waals surface area contributed by atoms with E-state index in [0.717, 1.165) is 18.5 Å². The predicted octanol–water partition coefficient (Wildman–Crippen LogP) is 2.55. The van der Waals surface area contributed by atoms with Crippen LogP contribution in [-0.2, 0) is 16.0 Å². The molecule has 1 rings (SSSR count). The first-order valence-corrected chi connectivity index (χ1v) is 6.63. The molecule has 1 unspecified atom stereocenters. The monoisotopic (exact) mass is 249 g/mol. The summed E-state index contributed by atoms with van der Waals surface area (Å²) in [4.78, 5) is 11.7. The van der Waals surface area contributed by atoms with E-state index in [1.54, 1.807) is 0 Å². The van der Waals surface area contributed by atoms with Gasteiger partial charge in [0.2, 0.25) is 0 Å². The van der Waals surface area contributed by atoms with Crippen LogP contribution in [0.4, 0.5) is 0 Å². The maximum atomic E-state index is 11.7. The number of hydrogen-bond donors (Lipinski definition) is 1. The Kier molecular flexibility index (Phi) is 7.11. The highest BCUT2D eigenvalue weighted by Crippen LogP contribution is 2.05. The molecule has 0 aliphatic heterocycles. The largest absolute Gasteiger partial charge is 0.468 e. The lowest BCUT2D eigenvalue weighted by atomic mass is 10.1. The lowest BCUT2D eigenvalue weighted by molar-refractivity contribution is -0.143. The number of rotatable bonds is 8. The zero-order chi connectivity index (χ0) is 13.2. The Morgan fingerprint density at radius 2 is 2.00 bits per heavy atom. The van der Waals surface area contributed by atoms with Crippen LogP contribution in [0.15, 0.2) is 30.3 Å². The van der Waals surface area contributed by atoms with Crippen molar-refractivity contribution >= 4 is 5.97 Å². The fourth-order valence-electron chi connectivity index (χ4n) is 1.88. The van der Waals surface area contributed by atoms with Crippen LogP contribution >= 0.6 is 0 Å². The molecule has 1 atom stereocenters. The Bertz CT molecular complexity index is 338. The Morgan fingerprint density at radius 1 is 1.28 bits per heavy atom. The highest BCUT2D eigenvalue weighted by molar-refractivity contribution is 5.76. The van der Waals surface area contributed by atoms with Gasteiger partial charge >= 0.3 is 5.97 Å². The number of methoxy groups -OCH3 is 1. The summed E-state index contributed by atoms with van der Waals surface area (Å²) in [5.74, 6) is -0.185. The average Bonchev–Trinajstić information content (AvgIpc) is 2.42. The number of ether oxygens (including phenoxy) is 1. The molecule has 0 aromatic heterocycles. The van der Waals surface area contributed by atoms with Crippen molar-refractivity contribution in [2.24, 2.45) is 0 Å². The molecule has 0 spiro atoms. The zero-order valence-corrected chi connectivity index (χ0v) is 11.3. The SMILES string of the molecule is CCCCCNC(Cc1ccccc1)C(=O)OC. The van der Waals surface area contributed by atoms with E-state index in [2.05, 4.69) is 12.2 Å². The fraction of sp³-hybridized carbons (Fsp3) is 0.533. The molecular weight excluding hydrogens is 226 g/mol. The lowest BCUT2D eigenvalue weighted by Gasteiger charge is -2.16. The Balaban J connectivity index is 2.48. The molecule has 0 aliphatic rings. The van der Waals surface area contributed by atoms with E-state index in [0.29, 0.717) is 6.42 Å². The minimum Gasteiger partial charge on any atom is -0.468 e. The summed E-state index contributed by atoms with van der Waals surface area (Å²) < 4.78 is 4.84. The second-order valence-electron chi connectivity index (χ2n) is 4.43. The second kappa shape index (κ2) is 8.70. The first-order chi connectivity index (χ1) is 8.77. The van der Waals surface area contributed by atoms with Crippen LogP contribution in [0.3, 0.4) is 0 Å². The molecule has 18 heavy (non-hydrogen) atoms. The molecule has 0 aliphatic carbocycles. The third kappa shape index (κ3) is 5.32. The van der Waals surface area contributed by atoms with Crippen LogP contribution in [0.1, 0.15) is 31.7 Å². The molecule has 0 saturated heterocycles. The summed E-state index contributed by atoms with van der Waals surface area (Å²) in [5.41, 5.74) is 1.15. The molecule has 1 aromatic carbocycles. The summed E-state index contributed by atoms with van der Waals surface area (Å²) in [6, 6.07) is 9.77. The van der Waals surface area contributed by atoms with Gasteiger partial charge in [-0.05, 0) is 24.9 Å². The third-order valence-electron chi connectivity index (χ3n) is 2.94. The number of nitrogens with one attached hydrogen (secondary N) is 1. The van der Waals surface area contributed by atoms with Crippen molar-refractivity contribution in [3.8, 4) is 0 Å². The van der Waals surface area contributed by atoms with E-state index < -0.39 is 0 Å². The maximum absolute atomic E-state index is 11.7. The standard InChI is InChI=1S/C15H23NO2/c1-3-4-8-11-16-14(15(17)18-2)12-13-9-6-5-7-10-13/h5-7,9-10,14,16H,3-4,8,11-12H2,1-2H3. The summed E-state index contributed by atoms with van der Waals surface area (Å²) >= 11 is 0. The smallest absolute Gasteiger partial charge is 0.323 e. The van der Waals surface area contributed by atoms with Crippen molar-refractivity contribution in [2.75, 3.05) is 13.7 Å². The van der Waals surface area contributed by atoms with E-state index in [-0.39, 0.29) is 12.0 Å². The molecule has 0 amide bonds. The van der Waals surface area contributed by atoms with Crippen molar-refractivity contribution in [1.82, 2.24) is 5.32 Å². The summed E-state index contributed by atoms with van der Waals surface area (Å²) in [6.07, 6.45) is 4.15. The zero-order valence-electron chi connectivity index (χ0n) is 11.3. The summed E-state index contributed by atoms with van der Waals surface area (Å²) in [7, 11) is 1.44. The first-order valence-electron chi connectivity index (χ1n) is 6.63. The quantitative estimate of drug-likeness (QED) is 0.568. The number of unbranched alkanes of at least 4 members (excludes halogenated alkanes) is 2. The van der Waals surface area contributed by atoms with Crippen molar-refractivity contribution in [1.29, 1.82) is 0 Å². The number of hydrogen-bond acceptors (Lipinski definition) is 3. The van der Waals surface area contributed by atoms with Gasteiger partial charge < -0.3 is 10.1 Å². The van der Waals surface area contributed by atoms with Crippen LogP contribution < -0.4 is 5.32 Å². The van der Waals surface area contributed by atoms with E-state index in [4.69, 9.17) is 4.74 Å². The van der Waals surface area contributed by atoms with Crippen LogP contribution in [-0.4, -0.2) is 25.7 Å². The van der Waals surface area contributed by atoms with Crippen LogP contribution in [0, 0.1) is 0 Å². The van der Waals surface area contributed by atoms with E-state index in [1.165, 1.54) is 20.0 Å². The fourth-order valence-corrected chi connectivity index (χ4v) is 1.88. The minimum atomic E-state index is -0.241. The molecule has 0 radical (unpaired) electrons. The predicted molar refractivity (Wildman–Crippen MR) is 73.5 cm³/mol. The molecular formula is C15H23NO2. The number of carbonyl (C=O) groups excluding carboxylic acids is 1. The lowest BCUT2D eigenvalue weighted by Crippen LogP contribution is -2.39. The summed E-state index contributed by atoms with van der Waals surface area (Å²) in [5, 5.41) is 3.28. The molecule has 0 bridgehead atoms.